The van der Waals surface area contributed by atoms with Crippen molar-refractivity contribution in [3.8, 4) is 5.75 Å². The van der Waals surface area contributed by atoms with Crippen LogP contribution in [-0.2, 0) is 22.6 Å². The molecule has 0 bridgehead atoms. The third-order valence-electron chi connectivity index (χ3n) is 5.50. The van der Waals surface area contributed by atoms with Gasteiger partial charge in [-0.15, -0.1) is 0 Å². The van der Waals surface area contributed by atoms with Crippen LogP contribution < -0.4 is 10.1 Å². The number of carbonyl (C=O) groups excluding carboxylic acids is 2. The fraction of sp³-hybridized carbons (Fsp3) is 0.310. The minimum atomic E-state index is -0.714. The Morgan fingerprint density at radius 3 is 2.28 bits per heavy atom. The molecular formula is C29H32Br2N2O3. The van der Waals surface area contributed by atoms with Gasteiger partial charge in [-0.25, -0.2) is 0 Å². The van der Waals surface area contributed by atoms with E-state index in [1.165, 1.54) is 0 Å². The first kappa shape index (κ1) is 27.9. The molecular weight excluding hydrogens is 584 g/mol. The summed E-state index contributed by atoms with van der Waals surface area (Å²) in [6.45, 7) is 7.86. The number of halogens is 2. The Morgan fingerprint density at radius 1 is 0.944 bits per heavy atom. The van der Waals surface area contributed by atoms with Crippen molar-refractivity contribution in [2.24, 2.45) is 0 Å². The number of nitrogens with one attached hydrogen (secondary N) is 1. The zero-order chi connectivity index (χ0) is 26.3. The van der Waals surface area contributed by atoms with Crippen LogP contribution in [0.2, 0.25) is 0 Å². The normalized spacial score (nSPS) is 12.1. The molecule has 0 saturated heterocycles. The second-order valence-electron chi connectivity index (χ2n) is 9.80. The van der Waals surface area contributed by atoms with Gasteiger partial charge in [-0.05, 0) is 74.7 Å². The van der Waals surface area contributed by atoms with Crippen LogP contribution in [0.5, 0.6) is 5.75 Å². The summed E-state index contributed by atoms with van der Waals surface area (Å²) in [4.78, 5) is 28.8. The molecule has 1 N–H and O–H groups in total. The lowest BCUT2D eigenvalue weighted by Gasteiger charge is -2.33. The molecule has 0 aliphatic heterocycles. The maximum atomic E-state index is 13.7. The molecule has 0 fully saturated rings. The van der Waals surface area contributed by atoms with Crippen molar-refractivity contribution in [2.75, 3.05) is 6.61 Å². The Hall–Kier alpha value is -2.64. The summed E-state index contributed by atoms with van der Waals surface area (Å²) in [5.74, 6) is 0.139. The van der Waals surface area contributed by atoms with Gasteiger partial charge in [0.05, 0.1) is 0 Å². The number of amides is 2. The molecule has 190 valence electrons. The lowest BCUT2D eigenvalue weighted by molar-refractivity contribution is -0.143. The van der Waals surface area contributed by atoms with E-state index in [2.05, 4.69) is 37.2 Å². The van der Waals surface area contributed by atoms with Crippen molar-refractivity contribution in [3.63, 3.8) is 0 Å². The van der Waals surface area contributed by atoms with Crippen LogP contribution in [0.25, 0.3) is 0 Å². The summed E-state index contributed by atoms with van der Waals surface area (Å²) in [7, 11) is 0. The molecule has 3 aromatic rings. The van der Waals surface area contributed by atoms with E-state index in [1.807, 2.05) is 100 Å². The number of hydrogen-bond donors (Lipinski definition) is 1. The van der Waals surface area contributed by atoms with Gasteiger partial charge in [-0.2, -0.15) is 0 Å². The van der Waals surface area contributed by atoms with Crippen LogP contribution in [0, 0.1) is 6.92 Å². The maximum absolute atomic E-state index is 13.7. The molecule has 5 nitrogen and oxygen atoms in total. The van der Waals surface area contributed by atoms with E-state index in [1.54, 1.807) is 4.90 Å². The molecule has 0 heterocycles. The number of rotatable bonds is 9. The van der Waals surface area contributed by atoms with Crippen molar-refractivity contribution >= 4 is 43.7 Å². The van der Waals surface area contributed by atoms with Gasteiger partial charge in [0, 0.05) is 27.4 Å². The number of ether oxygens (including phenoxy) is 1. The molecule has 0 aliphatic carbocycles. The van der Waals surface area contributed by atoms with Crippen molar-refractivity contribution in [1.82, 2.24) is 10.2 Å². The average Bonchev–Trinajstić information content (AvgIpc) is 2.81. The summed E-state index contributed by atoms with van der Waals surface area (Å²) < 4.78 is 7.76. The van der Waals surface area contributed by atoms with E-state index in [-0.39, 0.29) is 25.0 Å². The lowest BCUT2D eigenvalue weighted by Crippen LogP contribution is -2.55. The molecule has 0 radical (unpaired) electrons. The quantitative estimate of drug-likeness (QED) is 0.301. The van der Waals surface area contributed by atoms with Crippen molar-refractivity contribution in [1.29, 1.82) is 0 Å². The molecule has 36 heavy (non-hydrogen) atoms. The van der Waals surface area contributed by atoms with Gasteiger partial charge in [0.2, 0.25) is 5.91 Å². The summed E-state index contributed by atoms with van der Waals surface area (Å²) in [6, 6.07) is 22.4. The first-order valence-electron chi connectivity index (χ1n) is 11.8. The van der Waals surface area contributed by atoms with E-state index < -0.39 is 11.6 Å². The molecule has 0 aliphatic rings. The summed E-state index contributed by atoms with van der Waals surface area (Å²) in [6.07, 6.45) is 0.389. The van der Waals surface area contributed by atoms with E-state index in [9.17, 15) is 9.59 Å². The fourth-order valence-corrected chi connectivity index (χ4v) is 4.47. The second kappa shape index (κ2) is 12.5. The molecule has 1 unspecified atom stereocenters. The smallest absolute Gasteiger partial charge is 0.261 e. The number of nitrogens with zero attached hydrogens (tertiary/aromatic N) is 1. The van der Waals surface area contributed by atoms with Crippen LogP contribution in [0.1, 0.15) is 37.5 Å². The van der Waals surface area contributed by atoms with Gasteiger partial charge in [0.1, 0.15) is 11.8 Å². The molecule has 0 aromatic heterocycles. The molecule has 0 saturated carbocycles. The first-order chi connectivity index (χ1) is 17.0. The minimum absolute atomic E-state index is 0.177. The number of benzene rings is 3. The minimum Gasteiger partial charge on any atom is -0.484 e. The van der Waals surface area contributed by atoms with Gasteiger partial charge < -0.3 is 15.0 Å². The molecule has 1 atom stereocenters. The summed E-state index contributed by atoms with van der Waals surface area (Å²) in [5.41, 5.74) is 2.46. The Morgan fingerprint density at radius 2 is 1.64 bits per heavy atom. The summed E-state index contributed by atoms with van der Waals surface area (Å²) in [5, 5.41) is 3.07. The van der Waals surface area contributed by atoms with E-state index in [0.717, 1.165) is 25.6 Å². The zero-order valence-electron chi connectivity index (χ0n) is 21.1. The maximum Gasteiger partial charge on any atom is 0.261 e. The van der Waals surface area contributed by atoms with Gasteiger partial charge in [0.15, 0.2) is 6.61 Å². The standard InChI is InChI=1S/C29H32Br2N2O3/c1-20-15-24(13-14-25(20)31)36-19-27(34)33(18-22-11-8-12-23(30)16-22)26(28(35)32-29(2,3)4)17-21-9-6-5-7-10-21/h5-16,26H,17-19H2,1-4H3,(H,32,35). The van der Waals surface area contributed by atoms with Gasteiger partial charge in [-0.3, -0.25) is 9.59 Å². The molecule has 7 heteroatoms. The average molecular weight is 616 g/mol. The van der Waals surface area contributed by atoms with Crippen molar-refractivity contribution in [2.45, 2.75) is 52.2 Å². The monoisotopic (exact) mass is 614 g/mol. The fourth-order valence-electron chi connectivity index (χ4n) is 3.77. The molecule has 3 aromatic carbocycles. The third-order valence-corrected chi connectivity index (χ3v) is 6.89. The highest BCUT2D eigenvalue weighted by molar-refractivity contribution is 9.10. The SMILES string of the molecule is Cc1cc(OCC(=O)N(Cc2cccc(Br)c2)C(Cc2ccccc2)C(=O)NC(C)(C)C)ccc1Br. The van der Waals surface area contributed by atoms with Crippen LogP contribution in [0.15, 0.2) is 81.7 Å². The summed E-state index contributed by atoms with van der Waals surface area (Å²) >= 11 is 7.00. The Labute approximate surface area is 230 Å². The van der Waals surface area contributed by atoms with Crippen LogP contribution in [0.4, 0.5) is 0 Å². The number of hydrogen-bond acceptors (Lipinski definition) is 3. The predicted octanol–water partition coefficient (Wildman–Crippen LogP) is 6.45. The highest BCUT2D eigenvalue weighted by atomic mass is 79.9. The predicted molar refractivity (Wildman–Crippen MR) is 151 cm³/mol. The van der Waals surface area contributed by atoms with E-state index in [0.29, 0.717) is 12.2 Å². The number of aryl methyl sites for hydroxylation is 1. The molecule has 2 amide bonds. The Bertz CT molecular complexity index is 1190. The largest absolute Gasteiger partial charge is 0.484 e. The van der Waals surface area contributed by atoms with Crippen molar-refractivity contribution in [3.05, 3.63) is 98.4 Å². The molecule has 0 spiro atoms. The van der Waals surface area contributed by atoms with E-state index >= 15 is 0 Å². The van der Waals surface area contributed by atoms with Crippen LogP contribution in [0.3, 0.4) is 0 Å². The lowest BCUT2D eigenvalue weighted by atomic mass is 10.0. The van der Waals surface area contributed by atoms with Gasteiger partial charge >= 0.3 is 0 Å². The van der Waals surface area contributed by atoms with Gasteiger partial charge in [0.25, 0.3) is 5.91 Å². The highest BCUT2D eigenvalue weighted by Crippen LogP contribution is 2.23. The van der Waals surface area contributed by atoms with Gasteiger partial charge in [-0.1, -0.05) is 74.3 Å². The highest BCUT2D eigenvalue weighted by Gasteiger charge is 2.32. The Balaban J connectivity index is 1.93. The third kappa shape index (κ3) is 8.49. The molecule has 3 rings (SSSR count). The van der Waals surface area contributed by atoms with E-state index in [4.69, 9.17) is 4.74 Å². The topological polar surface area (TPSA) is 58.6 Å². The van der Waals surface area contributed by atoms with Crippen LogP contribution in [-0.4, -0.2) is 34.9 Å². The zero-order valence-corrected chi connectivity index (χ0v) is 24.2. The number of carbonyl (C=O) groups is 2. The first-order valence-corrected chi connectivity index (χ1v) is 13.4. The van der Waals surface area contributed by atoms with Crippen LogP contribution >= 0.6 is 31.9 Å². The second-order valence-corrected chi connectivity index (χ2v) is 11.6. The van der Waals surface area contributed by atoms with Crippen molar-refractivity contribution < 1.29 is 14.3 Å². The Kier molecular flexibility index (Phi) is 9.74.